The van der Waals surface area contributed by atoms with E-state index in [-0.39, 0.29) is 23.8 Å². The largest absolute Gasteiger partial charge is 0.347 e. The Bertz CT molecular complexity index is 1130. The second-order valence-corrected chi connectivity index (χ2v) is 7.37. The second kappa shape index (κ2) is 7.28. The maximum atomic E-state index is 13.0. The molecule has 0 saturated heterocycles. The molecule has 1 aliphatic rings. The van der Waals surface area contributed by atoms with Crippen LogP contribution in [0.5, 0.6) is 0 Å². The minimum Gasteiger partial charge on any atom is -0.347 e. The summed E-state index contributed by atoms with van der Waals surface area (Å²) in [7, 11) is 1.93. The Hall–Kier alpha value is -2.86. The van der Waals surface area contributed by atoms with Gasteiger partial charge in [0.15, 0.2) is 5.43 Å². The molecule has 0 atom stereocenters. The lowest BCUT2D eigenvalue weighted by atomic mass is 10.0. The fourth-order valence-electron chi connectivity index (χ4n) is 3.68. The van der Waals surface area contributed by atoms with Crippen LogP contribution in [0.25, 0.3) is 10.9 Å². The topological polar surface area (TPSA) is 54.3 Å². The minimum atomic E-state index is -0.314. The van der Waals surface area contributed by atoms with Crippen molar-refractivity contribution in [1.82, 2.24) is 14.8 Å². The molecule has 3 aromatic rings. The highest BCUT2D eigenvalue weighted by Crippen LogP contribution is 2.23. The number of hydrogen-bond donors (Lipinski definition) is 1. The molecule has 1 N–H and O–H groups in total. The third kappa shape index (κ3) is 3.36. The molecule has 7 heteroatoms. The minimum absolute atomic E-state index is 0.0818. The summed E-state index contributed by atoms with van der Waals surface area (Å²) in [5.74, 6) is -0.314. The van der Waals surface area contributed by atoms with Crippen LogP contribution in [0.4, 0.5) is 9.18 Å². The van der Waals surface area contributed by atoms with E-state index in [9.17, 15) is 14.0 Å². The summed E-state index contributed by atoms with van der Waals surface area (Å²) in [5, 5.41) is 3.90. The lowest BCUT2D eigenvalue weighted by Crippen LogP contribution is -2.44. The standard InChI is InChI=1S/C21H19ClFN3O2/c1-25-18-7-4-14(22)10-16(18)20(27)17-12-26(9-8-19(17)25)21(28)24-11-13-2-5-15(23)6-3-13/h2-7,10H,8-9,11-12H2,1H3,(H,24,28). The molecule has 0 spiro atoms. The molecule has 1 aromatic heterocycles. The quantitative estimate of drug-likeness (QED) is 0.715. The number of carbonyl (C=O) groups excluding carboxylic acids is 1. The summed E-state index contributed by atoms with van der Waals surface area (Å²) < 4.78 is 15.0. The summed E-state index contributed by atoms with van der Waals surface area (Å²) in [6, 6.07) is 11.0. The van der Waals surface area contributed by atoms with Gasteiger partial charge in [0.2, 0.25) is 0 Å². The van der Waals surface area contributed by atoms with E-state index >= 15 is 0 Å². The van der Waals surface area contributed by atoms with E-state index in [0.29, 0.717) is 35.5 Å². The zero-order valence-electron chi connectivity index (χ0n) is 15.3. The van der Waals surface area contributed by atoms with Gasteiger partial charge in [-0.25, -0.2) is 9.18 Å². The molecule has 0 radical (unpaired) electrons. The zero-order valence-corrected chi connectivity index (χ0v) is 16.1. The van der Waals surface area contributed by atoms with Crippen molar-refractivity contribution in [3.8, 4) is 0 Å². The first-order valence-electron chi connectivity index (χ1n) is 9.01. The number of aryl methyl sites for hydroxylation is 1. The van der Waals surface area contributed by atoms with E-state index in [2.05, 4.69) is 5.32 Å². The number of nitrogens with zero attached hydrogens (tertiary/aromatic N) is 2. The van der Waals surface area contributed by atoms with Gasteiger partial charge in [-0.15, -0.1) is 0 Å². The van der Waals surface area contributed by atoms with Gasteiger partial charge < -0.3 is 14.8 Å². The Morgan fingerprint density at radius 2 is 1.96 bits per heavy atom. The predicted molar refractivity (Wildman–Crippen MR) is 107 cm³/mol. The number of halogens is 2. The molecule has 2 amide bonds. The molecular weight excluding hydrogens is 381 g/mol. The van der Waals surface area contributed by atoms with Crippen LogP contribution in [0, 0.1) is 5.82 Å². The van der Waals surface area contributed by atoms with Gasteiger partial charge in [-0.2, -0.15) is 0 Å². The molecule has 2 heterocycles. The van der Waals surface area contributed by atoms with Crippen molar-refractivity contribution in [1.29, 1.82) is 0 Å². The van der Waals surface area contributed by atoms with Crippen LogP contribution in [0.3, 0.4) is 0 Å². The monoisotopic (exact) mass is 399 g/mol. The molecule has 144 valence electrons. The normalized spacial score (nSPS) is 13.5. The molecule has 0 unspecified atom stereocenters. The average Bonchev–Trinajstić information content (AvgIpc) is 2.71. The number of pyridine rings is 1. The van der Waals surface area contributed by atoms with Gasteiger partial charge >= 0.3 is 6.03 Å². The first-order chi connectivity index (χ1) is 13.4. The van der Waals surface area contributed by atoms with Crippen LogP contribution < -0.4 is 10.7 Å². The number of rotatable bonds is 2. The molecule has 28 heavy (non-hydrogen) atoms. The molecule has 0 bridgehead atoms. The second-order valence-electron chi connectivity index (χ2n) is 6.93. The van der Waals surface area contributed by atoms with Gasteiger partial charge in [0.25, 0.3) is 0 Å². The number of urea groups is 1. The Labute approximate surface area is 166 Å². The molecule has 4 rings (SSSR count). The first-order valence-corrected chi connectivity index (χ1v) is 9.39. The van der Waals surface area contributed by atoms with E-state index in [1.54, 1.807) is 29.2 Å². The number of carbonyl (C=O) groups is 1. The van der Waals surface area contributed by atoms with E-state index in [4.69, 9.17) is 11.6 Å². The van der Waals surface area contributed by atoms with Crippen molar-refractivity contribution in [3.05, 3.63) is 80.3 Å². The fraction of sp³-hybridized carbons (Fsp3) is 0.238. The molecular formula is C21H19ClFN3O2. The van der Waals surface area contributed by atoms with Gasteiger partial charge in [0.05, 0.1) is 12.1 Å². The van der Waals surface area contributed by atoms with Crippen molar-refractivity contribution < 1.29 is 9.18 Å². The highest BCUT2D eigenvalue weighted by molar-refractivity contribution is 6.31. The Kier molecular flexibility index (Phi) is 4.81. The number of fused-ring (bicyclic) bond motifs is 2. The smallest absolute Gasteiger partial charge is 0.317 e. The predicted octanol–water partition coefficient (Wildman–Crippen LogP) is 3.60. The fourth-order valence-corrected chi connectivity index (χ4v) is 3.85. The van der Waals surface area contributed by atoms with Gasteiger partial charge in [0.1, 0.15) is 5.82 Å². The number of benzene rings is 2. The number of hydrogen-bond acceptors (Lipinski definition) is 2. The van der Waals surface area contributed by atoms with Crippen LogP contribution >= 0.6 is 11.6 Å². The number of nitrogens with one attached hydrogen (secondary N) is 1. The number of amides is 2. The van der Waals surface area contributed by atoms with Crippen molar-refractivity contribution in [2.24, 2.45) is 7.05 Å². The first kappa shape index (κ1) is 18.5. The maximum absolute atomic E-state index is 13.0. The van der Waals surface area contributed by atoms with E-state index in [1.807, 2.05) is 17.7 Å². The Balaban J connectivity index is 1.57. The Morgan fingerprint density at radius 3 is 2.71 bits per heavy atom. The van der Waals surface area contributed by atoms with Crippen molar-refractivity contribution in [2.75, 3.05) is 6.54 Å². The average molecular weight is 400 g/mol. The molecule has 2 aromatic carbocycles. The van der Waals surface area contributed by atoms with Gasteiger partial charge in [-0.05, 0) is 35.9 Å². The van der Waals surface area contributed by atoms with Crippen molar-refractivity contribution in [2.45, 2.75) is 19.5 Å². The summed E-state index contributed by atoms with van der Waals surface area (Å²) in [6.07, 6.45) is 0.601. The molecule has 5 nitrogen and oxygen atoms in total. The van der Waals surface area contributed by atoms with Crippen LogP contribution in [-0.4, -0.2) is 22.0 Å². The van der Waals surface area contributed by atoms with Crippen molar-refractivity contribution in [3.63, 3.8) is 0 Å². The molecule has 0 saturated carbocycles. The van der Waals surface area contributed by atoms with Crippen LogP contribution in [-0.2, 0) is 26.6 Å². The highest BCUT2D eigenvalue weighted by Gasteiger charge is 2.25. The van der Waals surface area contributed by atoms with Crippen LogP contribution in [0.1, 0.15) is 16.8 Å². The lowest BCUT2D eigenvalue weighted by Gasteiger charge is -2.30. The summed E-state index contributed by atoms with van der Waals surface area (Å²) in [6.45, 7) is 1.07. The van der Waals surface area contributed by atoms with E-state index < -0.39 is 0 Å². The van der Waals surface area contributed by atoms with E-state index in [1.165, 1.54) is 12.1 Å². The third-order valence-corrected chi connectivity index (χ3v) is 5.44. The SMILES string of the molecule is Cn1c2c(c(=O)c3cc(Cl)ccc31)CN(C(=O)NCc1ccc(F)cc1)CC2. The third-order valence-electron chi connectivity index (χ3n) is 5.20. The van der Waals surface area contributed by atoms with Gasteiger partial charge in [-0.3, -0.25) is 4.79 Å². The summed E-state index contributed by atoms with van der Waals surface area (Å²) in [4.78, 5) is 27.2. The summed E-state index contributed by atoms with van der Waals surface area (Å²) in [5.41, 5.74) is 3.13. The van der Waals surface area contributed by atoms with Gasteiger partial charge in [0, 0.05) is 48.2 Å². The highest BCUT2D eigenvalue weighted by atomic mass is 35.5. The molecule has 1 aliphatic heterocycles. The number of aromatic nitrogens is 1. The van der Waals surface area contributed by atoms with Crippen molar-refractivity contribution >= 4 is 28.5 Å². The van der Waals surface area contributed by atoms with Gasteiger partial charge in [-0.1, -0.05) is 23.7 Å². The van der Waals surface area contributed by atoms with Crippen LogP contribution in [0.2, 0.25) is 5.02 Å². The summed E-state index contributed by atoms with van der Waals surface area (Å²) >= 11 is 6.07. The molecule has 0 fully saturated rings. The lowest BCUT2D eigenvalue weighted by molar-refractivity contribution is 0.191. The Morgan fingerprint density at radius 1 is 1.21 bits per heavy atom. The van der Waals surface area contributed by atoms with E-state index in [0.717, 1.165) is 16.8 Å². The molecule has 0 aliphatic carbocycles. The zero-order chi connectivity index (χ0) is 19.8. The van der Waals surface area contributed by atoms with Crippen LogP contribution in [0.15, 0.2) is 47.3 Å². The maximum Gasteiger partial charge on any atom is 0.317 e.